The number of anilines is 1. The maximum Gasteiger partial charge on any atom is 0.251 e. The molecule has 27 heavy (non-hydrogen) atoms. The van der Waals surface area contributed by atoms with E-state index in [0.717, 1.165) is 16.8 Å². The highest BCUT2D eigenvalue weighted by molar-refractivity contribution is 6.09. The molecule has 2 aromatic carbocycles. The van der Waals surface area contributed by atoms with Gasteiger partial charge in [-0.15, -0.1) is 0 Å². The van der Waals surface area contributed by atoms with Crippen molar-refractivity contribution in [3.63, 3.8) is 0 Å². The number of benzene rings is 2. The maximum absolute atomic E-state index is 12.9. The number of nitrogens with one attached hydrogen (secondary N) is 1. The van der Waals surface area contributed by atoms with E-state index in [1.165, 1.54) is 6.08 Å². The molecule has 1 aliphatic rings. The van der Waals surface area contributed by atoms with Crippen LogP contribution in [0.25, 0.3) is 6.08 Å². The Morgan fingerprint density at radius 3 is 2.56 bits per heavy atom. The number of hydrogen-bond acceptors (Lipinski definition) is 4. The summed E-state index contributed by atoms with van der Waals surface area (Å²) in [6.07, 6.45) is 3.68. The third-order valence-corrected chi connectivity index (χ3v) is 4.59. The quantitative estimate of drug-likeness (QED) is 0.826. The lowest BCUT2D eigenvalue weighted by Gasteiger charge is -2.23. The number of para-hydroxylation sites is 1. The number of ether oxygens (including phenoxy) is 2. The molecule has 1 atom stereocenters. The zero-order valence-electron chi connectivity index (χ0n) is 15.6. The van der Waals surface area contributed by atoms with Crippen LogP contribution in [0.1, 0.15) is 11.1 Å². The van der Waals surface area contributed by atoms with Gasteiger partial charge in [0.05, 0.1) is 14.2 Å². The smallest absolute Gasteiger partial charge is 0.251 e. The second kappa shape index (κ2) is 7.95. The molecule has 0 aromatic heterocycles. The van der Waals surface area contributed by atoms with E-state index < -0.39 is 6.04 Å². The first-order valence-corrected chi connectivity index (χ1v) is 8.61. The molecule has 140 valence electrons. The fraction of sp³-hybridized carbons (Fsp3) is 0.238. The second-order valence-corrected chi connectivity index (χ2v) is 6.12. The topological polar surface area (TPSA) is 67.9 Å². The highest BCUT2D eigenvalue weighted by Gasteiger charge is 2.36. The highest BCUT2D eigenvalue weighted by Crippen LogP contribution is 2.33. The van der Waals surface area contributed by atoms with Crippen molar-refractivity contribution >= 4 is 23.6 Å². The molecule has 0 unspecified atom stereocenters. The molecular formula is C21H22N2O4. The van der Waals surface area contributed by atoms with Crippen molar-refractivity contribution in [2.24, 2.45) is 0 Å². The van der Waals surface area contributed by atoms with E-state index >= 15 is 0 Å². The van der Waals surface area contributed by atoms with Gasteiger partial charge in [0.25, 0.3) is 5.91 Å². The number of rotatable bonds is 5. The Balaban J connectivity index is 1.87. The molecule has 0 radical (unpaired) electrons. The summed E-state index contributed by atoms with van der Waals surface area (Å²) in [5.74, 6) is 0.776. The number of methoxy groups -OCH3 is 2. The minimum Gasteiger partial charge on any atom is -0.493 e. The first-order chi connectivity index (χ1) is 13.1. The Morgan fingerprint density at radius 1 is 1.11 bits per heavy atom. The van der Waals surface area contributed by atoms with Gasteiger partial charge in [-0.1, -0.05) is 24.3 Å². The maximum atomic E-state index is 12.9. The molecule has 6 heteroatoms. The number of likely N-dealkylation sites (N-methyl/N-ethyl adjacent to an activating group) is 1. The van der Waals surface area contributed by atoms with Gasteiger partial charge in [-0.2, -0.15) is 0 Å². The van der Waals surface area contributed by atoms with Crippen LogP contribution in [0, 0.1) is 0 Å². The van der Waals surface area contributed by atoms with Crippen LogP contribution in [0.15, 0.2) is 48.5 Å². The Labute approximate surface area is 158 Å². The summed E-state index contributed by atoms with van der Waals surface area (Å²) in [5, 5.41) is 2.64. The van der Waals surface area contributed by atoms with Gasteiger partial charge in [0.15, 0.2) is 11.5 Å². The van der Waals surface area contributed by atoms with Gasteiger partial charge in [-0.05, 0) is 35.4 Å². The Kier molecular flexibility index (Phi) is 5.45. The van der Waals surface area contributed by atoms with Crippen molar-refractivity contribution in [1.29, 1.82) is 0 Å². The summed E-state index contributed by atoms with van der Waals surface area (Å²) in [6, 6.07) is 12.4. The molecule has 0 saturated carbocycles. The minimum atomic E-state index is -0.546. The molecule has 0 bridgehead atoms. The SMILES string of the molecule is CNC(=O)[C@@H]1Cc2ccccc2N1C(=O)/C=C\c1ccc(OC)c(OC)c1. The number of amides is 2. The number of hydrogen-bond donors (Lipinski definition) is 1. The third-order valence-electron chi connectivity index (χ3n) is 4.59. The van der Waals surface area contributed by atoms with Crippen LogP contribution in [0.5, 0.6) is 11.5 Å². The van der Waals surface area contributed by atoms with E-state index in [9.17, 15) is 9.59 Å². The van der Waals surface area contributed by atoms with Crippen molar-refractivity contribution in [2.75, 3.05) is 26.2 Å². The number of carbonyl (C=O) groups excluding carboxylic acids is 2. The lowest BCUT2D eigenvalue weighted by Crippen LogP contribution is -2.46. The van der Waals surface area contributed by atoms with Gasteiger partial charge in [-0.25, -0.2) is 0 Å². The second-order valence-electron chi connectivity index (χ2n) is 6.12. The molecule has 0 spiro atoms. The average Bonchev–Trinajstić information content (AvgIpc) is 3.10. The Hall–Kier alpha value is -3.28. The van der Waals surface area contributed by atoms with E-state index in [1.807, 2.05) is 30.3 Å². The molecule has 2 amide bonds. The monoisotopic (exact) mass is 366 g/mol. The van der Waals surface area contributed by atoms with E-state index in [-0.39, 0.29) is 11.8 Å². The van der Waals surface area contributed by atoms with Crippen molar-refractivity contribution in [2.45, 2.75) is 12.5 Å². The summed E-state index contributed by atoms with van der Waals surface area (Å²) in [5.41, 5.74) is 2.55. The van der Waals surface area contributed by atoms with Crippen molar-refractivity contribution < 1.29 is 19.1 Å². The van der Waals surface area contributed by atoms with E-state index in [2.05, 4.69) is 5.32 Å². The highest BCUT2D eigenvalue weighted by atomic mass is 16.5. The van der Waals surface area contributed by atoms with Crippen LogP contribution in [0.4, 0.5) is 5.69 Å². The van der Waals surface area contributed by atoms with Gasteiger partial charge in [-0.3, -0.25) is 14.5 Å². The van der Waals surface area contributed by atoms with Gasteiger partial charge in [0.2, 0.25) is 5.91 Å². The van der Waals surface area contributed by atoms with Gasteiger partial charge in [0.1, 0.15) is 6.04 Å². The predicted octanol–water partition coefficient (Wildman–Crippen LogP) is 2.42. The lowest BCUT2D eigenvalue weighted by molar-refractivity contribution is -0.124. The van der Waals surface area contributed by atoms with E-state index in [4.69, 9.17) is 9.47 Å². The molecule has 0 fully saturated rings. The van der Waals surface area contributed by atoms with Crippen LogP contribution < -0.4 is 19.7 Å². The normalized spacial score (nSPS) is 15.5. The van der Waals surface area contributed by atoms with Crippen molar-refractivity contribution in [1.82, 2.24) is 5.32 Å². The molecule has 0 saturated heterocycles. The largest absolute Gasteiger partial charge is 0.493 e. The first kappa shape index (κ1) is 18.5. The zero-order valence-corrected chi connectivity index (χ0v) is 15.6. The van der Waals surface area contributed by atoms with Crippen LogP contribution in [-0.2, 0) is 16.0 Å². The van der Waals surface area contributed by atoms with E-state index in [0.29, 0.717) is 17.9 Å². The summed E-state index contributed by atoms with van der Waals surface area (Å²) in [4.78, 5) is 26.7. The Bertz CT molecular complexity index is 892. The first-order valence-electron chi connectivity index (χ1n) is 8.61. The molecule has 1 aliphatic heterocycles. The predicted molar refractivity (Wildman–Crippen MR) is 104 cm³/mol. The summed E-state index contributed by atoms with van der Waals surface area (Å²) in [7, 11) is 4.71. The summed E-state index contributed by atoms with van der Waals surface area (Å²) < 4.78 is 10.5. The number of nitrogens with zero attached hydrogens (tertiary/aromatic N) is 1. The molecule has 1 heterocycles. The fourth-order valence-electron chi connectivity index (χ4n) is 3.24. The van der Waals surface area contributed by atoms with Crippen molar-refractivity contribution in [3.05, 3.63) is 59.7 Å². The van der Waals surface area contributed by atoms with Crippen LogP contribution >= 0.6 is 0 Å². The molecule has 2 aromatic rings. The molecular weight excluding hydrogens is 344 g/mol. The van der Waals surface area contributed by atoms with Crippen molar-refractivity contribution in [3.8, 4) is 11.5 Å². The fourth-order valence-corrected chi connectivity index (χ4v) is 3.24. The van der Waals surface area contributed by atoms with Gasteiger partial charge >= 0.3 is 0 Å². The molecule has 6 nitrogen and oxygen atoms in total. The van der Waals surface area contributed by atoms with Crippen LogP contribution in [0.3, 0.4) is 0 Å². The lowest BCUT2D eigenvalue weighted by atomic mass is 10.1. The average molecular weight is 366 g/mol. The van der Waals surface area contributed by atoms with Crippen LogP contribution in [0.2, 0.25) is 0 Å². The summed E-state index contributed by atoms with van der Waals surface area (Å²) >= 11 is 0. The van der Waals surface area contributed by atoms with Gasteiger partial charge in [0, 0.05) is 25.2 Å². The zero-order chi connectivity index (χ0) is 19.4. The molecule has 0 aliphatic carbocycles. The minimum absolute atomic E-state index is 0.181. The third kappa shape index (κ3) is 3.65. The number of fused-ring (bicyclic) bond motifs is 1. The standard InChI is InChI=1S/C21H22N2O4/c1-22-21(25)17-13-15-6-4-5-7-16(15)23(17)20(24)11-9-14-8-10-18(26-2)19(12-14)27-3/h4-12,17H,13H2,1-3H3,(H,22,25)/b11-9-/t17-/m0/s1. The summed E-state index contributed by atoms with van der Waals surface area (Å²) in [6.45, 7) is 0. The van der Waals surface area contributed by atoms with Gasteiger partial charge < -0.3 is 14.8 Å². The molecule has 3 rings (SSSR count). The number of carbonyl (C=O) groups is 2. The van der Waals surface area contributed by atoms with E-state index in [1.54, 1.807) is 44.4 Å². The molecule has 1 N–H and O–H groups in total. The van der Waals surface area contributed by atoms with Crippen LogP contribution in [-0.4, -0.2) is 39.1 Å². The Morgan fingerprint density at radius 2 is 1.85 bits per heavy atom.